The van der Waals surface area contributed by atoms with Gasteiger partial charge in [0.25, 0.3) is 0 Å². The maximum atomic E-state index is 11.8. The minimum absolute atomic E-state index is 0. The largest absolute Gasteiger partial charge is 2.00 e. The fourth-order valence-corrected chi connectivity index (χ4v) is 4.07. The van der Waals surface area contributed by atoms with Crippen LogP contribution in [0.4, 0.5) is 23.3 Å². The minimum Gasteiger partial charge on any atom is -0.399 e. The van der Waals surface area contributed by atoms with Crippen molar-refractivity contribution in [3.63, 3.8) is 0 Å². The number of nitrogen functional groups attached to an aromatic ring is 2. The number of rotatable bonds is 6. The third-order valence-electron chi connectivity index (χ3n) is 3.86. The Hall–Kier alpha value is -3.08. The van der Waals surface area contributed by atoms with Crippen LogP contribution < -0.4 is 11.5 Å². The van der Waals surface area contributed by atoms with E-state index in [-0.39, 0.29) is 49.0 Å². The van der Waals surface area contributed by atoms with Crippen molar-refractivity contribution in [2.45, 2.75) is 9.79 Å². The van der Waals surface area contributed by atoms with Crippen molar-refractivity contribution < 1.29 is 52.6 Å². The zero-order valence-corrected chi connectivity index (χ0v) is 31.0. The summed E-state index contributed by atoms with van der Waals surface area (Å²) in [6.07, 6.45) is 12.2. The van der Waals surface area contributed by atoms with Gasteiger partial charge in [0.2, 0.25) is 20.0 Å². The quantitative estimate of drug-likeness (QED) is 0.213. The molecule has 0 amide bonds. The SMILES string of the molecule is CS(C)=O.CS(C)=O.Nc1ccc(S(=O)(=O)[N-]c2ncccn2)cc1.Nc1ccc(S(=O)(=O)[N-]c2ncccn2)cc1.[Cd+2]. The molecule has 4 aromatic rings. The summed E-state index contributed by atoms with van der Waals surface area (Å²) in [4.78, 5) is 15.0. The third kappa shape index (κ3) is 17.6. The van der Waals surface area contributed by atoms with Crippen molar-refractivity contribution in [2.75, 3.05) is 36.5 Å². The maximum Gasteiger partial charge on any atom is 2.00 e. The Balaban J connectivity index is 0.000000646. The summed E-state index contributed by atoms with van der Waals surface area (Å²) in [6.45, 7) is 0. The van der Waals surface area contributed by atoms with Crippen LogP contribution in [-0.2, 0) is 68.9 Å². The topological polar surface area (TPSA) is 234 Å². The fraction of sp³-hybridized carbons (Fsp3) is 0.167. The molecule has 0 fully saturated rings. The van der Waals surface area contributed by atoms with Crippen LogP contribution in [0.15, 0.2) is 95.2 Å². The van der Waals surface area contributed by atoms with Crippen LogP contribution in [0.2, 0.25) is 0 Å². The molecule has 0 bridgehead atoms. The van der Waals surface area contributed by atoms with Crippen LogP contribution in [-0.4, -0.2) is 70.2 Å². The molecule has 0 spiro atoms. The number of benzene rings is 2. The zero-order chi connectivity index (χ0) is 31.8. The van der Waals surface area contributed by atoms with E-state index in [0.29, 0.717) is 11.4 Å². The summed E-state index contributed by atoms with van der Waals surface area (Å²) in [5, 5.41) is 0. The molecule has 0 unspecified atom stereocenters. The van der Waals surface area contributed by atoms with Crippen molar-refractivity contribution in [1.29, 1.82) is 0 Å². The van der Waals surface area contributed by atoms with E-state index in [0.717, 1.165) is 0 Å². The monoisotopic (exact) mass is 768 g/mol. The molecule has 2 heterocycles. The summed E-state index contributed by atoms with van der Waals surface area (Å²) in [6, 6.07) is 14.7. The minimum atomic E-state index is -3.79. The van der Waals surface area contributed by atoms with Gasteiger partial charge in [-0.3, -0.25) is 17.9 Å². The predicted molar refractivity (Wildman–Crippen MR) is 166 cm³/mol. The Bertz CT molecular complexity index is 1500. The predicted octanol–water partition coefficient (Wildman–Crippen LogP) is 2.89. The van der Waals surface area contributed by atoms with Crippen molar-refractivity contribution >= 4 is 64.9 Å². The molecule has 0 saturated carbocycles. The second-order valence-electron chi connectivity index (χ2n) is 7.85. The Morgan fingerprint density at radius 2 is 0.791 bits per heavy atom. The van der Waals surface area contributed by atoms with Crippen LogP contribution >= 0.6 is 0 Å². The number of hydrogen-bond acceptors (Lipinski definition) is 12. The third-order valence-corrected chi connectivity index (χ3v) is 6.41. The molecule has 0 aliphatic rings. The molecule has 2 aromatic carbocycles. The Morgan fingerprint density at radius 3 is 1.02 bits per heavy atom. The van der Waals surface area contributed by atoms with Gasteiger partial charge in [0, 0.05) is 69.9 Å². The molecule has 0 aliphatic carbocycles. The van der Waals surface area contributed by atoms with Gasteiger partial charge in [0.15, 0.2) is 0 Å². The van der Waals surface area contributed by atoms with Crippen molar-refractivity contribution in [3.8, 4) is 0 Å². The standard InChI is InChI=1S/2C10H9N4O2S.2C2H6OS.Cd/c2*11-8-2-4-9(5-3-8)17(15,16)14-10-12-6-1-7-13-10;2*1-4(2)3;/h2*1-7H,11H2;2*1-2H3;/q2*-1;;;+2. The molecule has 19 heteroatoms. The van der Waals surface area contributed by atoms with E-state index in [1.54, 1.807) is 37.2 Å². The van der Waals surface area contributed by atoms with Gasteiger partial charge >= 0.3 is 27.3 Å². The second-order valence-corrected chi connectivity index (χ2v) is 14.0. The van der Waals surface area contributed by atoms with Crippen LogP contribution in [0.5, 0.6) is 0 Å². The summed E-state index contributed by atoms with van der Waals surface area (Å²) in [5.41, 5.74) is 11.9. The summed E-state index contributed by atoms with van der Waals surface area (Å²) in [7, 11) is -8.79. The Labute approximate surface area is 276 Å². The smallest absolute Gasteiger partial charge is 0.399 e. The van der Waals surface area contributed by atoms with Gasteiger partial charge < -0.3 is 31.4 Å². The average molecular weight is 767 g/mol. The molecular weight excluding hydrogens is 737 g/mol. The van der Waals surface area contributed by atoms with Gasteiger partial charge in [-0.15, -0.1) is 0 Å². The first kappa shape index (κ1) is 39.9. The van der Waals surface area contributed by atoms with Gasteiger partial charge in [-0.25, -0.2) is 16.8 Å². The number of anilines is 2. The number of aromatic nitrogens is 4. The molecule has 0 aliphatic heterocycles. The van der Waals surface area contributed by atoms with E-state index in [1.165, 1.54) is 73.3 Å². The molecule has 0 radical (unpaired) electrons. The fourth-order valence-electron chi connectivity index (χ4n) is 2.28. The van der Waals surface area contributed by atoms with E-state index in [9.17, 15) is 25.3 Å². The molecule has 2 aromatic heterocycles. The van der Waals surface area contributed by atoms with Gasteiger partial charge in [-0.1, -0.05) is 12.1 Å². The second kappa shape index (κ2) is 20.0. The summed E-state index contributed by atoms with van der Waals surface area (Å²) < 4.78 is 73.4. The number of nitrogens with two attached hydrogens (primary N) is 2. The molecular formula is C24H30CdN8O6S4. The first-order valence-electron chi connectivity index (χ1n) is 11.3. The molecule has 0 saturated heterocycles. The average Bonchev–Trinajstić information content (AvgIpc) is 2.90. The van der Waals surface area contributed by atoms with Crippen LogP contribution in [0.25, 0.3) is 9.44 Å². The van der Waals surface area contributed by atoms with E-state index in [4.69, 9.17) is 11.5 Å². The zero-order valence-electron chi connectivity index (χ0n) is 23.7. The number of nitrogens with zero attached hydrogens (tertiary/aromatic N) is 6. The number of sulfonamides is 2. The van der Waals surface area contributed by atoms with E-state index >= 15 is 0 Å². The van der Waals surface area contributed by atoms with E-state index in [2.05, 4.69) is 29.4 Å². The summed E-state index contributed by atoms with van der Waals surface area (Å²) >= 11 is 0. The van der Waals surface area contributed by atoms with Gasteiger partial charge in [-0.2, -0.15) is 0 Å². The molecule has 228 valence electrons. The first-order chi connectivity index (χ1) is 19.6. The van der Waals surface area contributed by atoms with Crippen molar-refractivity contribution in [2.24, 2.45) is 0 Å². The molecule has 0 atom stereocenters. The molecule has 43 heavy (non-hydrogen) atoms. The van der Waals surface area contributed by atoms with Gasteiger partial charge in [0.05, 0.1) is 9.79 Å². The normalized spacial score (nSPS) is 10.4. The maximum absolute atomic E-state index is 11.8. The number of hydrogen-bond donors (Lipinski definition) is 2. The van der Waals surface area contributed by atoms with E-state index < -0.39 is 41.6 Å². The Morgan fingerprint density at radius 1 is 0.558 bits per heavy atom. The van der Waals surface area contributed by atoms with Gasteiger partial charge in [0.1, 0.15) is 0 Å². The van der Waals surface area contributed by atoms with Crippen molar-refractivity contribution in [3.05, 3.63) is 94.9 Å². The van der Waals surface area contributed by atoms with Crippen LogP contribution in [0.3, 0.4) is 0 Å². The molecule has 4 rings (SSSR count). The Kier molecular flexibility index (Phi) is 18.6. The van der Waals surface area contributed by atoms with Crippen LogP contribution in [0, 0.1) is 0 Å². The summed E-state index contributed by atoms with van der Waals surface area (Å²) in [5.74, 6) is -0.186. The molecule has 14 nitrogen and oxygen atoms in total. The van der Waals surface area contributed by atoms with E-state index in [1.807, 2.05) is 0 Å². The molecule has 4 N–H and O–H groups in total. The van der Waals surface area contributed by atoms with Crippen LogP contribution in [0.1, 0.15) is 0 Å². The van der Waals surface area contributed by atoms with Gasteiger partial charge in [-0.05, 0) is 73.3 Å². The van der Waals surface area contributed by atoms with Crippen molar-refractivity contribution in [1.82, 2.24) is 19.9 Å². The first-order valence-corrected chi connectivity index (χ1v) is 18.1.